The molecule has 1 heterocycles. The summed E-state index contributed by atoms with van der Waals surface area (Å²) in [5, 5.41) is 3.82. The lowest BCUT2D eigenvalue weighted by molar-refractivity contribution is 0.107. The van der Waals surface area contributed by atoms with Gasteiger partial charge in [0.15, 0.2) is 0 Å². The topological polar surface area (TPSA) is 15.3 Å². The standard InChI is InChI=1S/C16H30N2S/c1-3-14-10-17-15(13-6-7-13)11-18(14)12-16(19-2)8-4-5-9-16/h13-15,17H,3-12H2,1-2H3. The van der Waals surface area contributed by atoms with E-state index in [0.29, 0.717) is 4.75 Å². The minimum Gasteiger partial charge on any atom is -0.311 e. The molecule has 2 nitrogen and oxygen atoms in total. The molecule has 19 heavy (non-hydrogen) atoms. The summed E-state index contributed by atoms with van der Waals surface area (Å²) in [6.45, 7) is 6.24. The third-order valence-corrected chi connectivity index (χ3v) is 7.07. The molecule has 0 spiro atoms. The molecule has 2 unspecified atom stereocenters. The van der Waals surface area contributed by atoms with E-state index in [1.807, 2.05) is 0 Å². The zero-order valence-corrected chi connectivity index (χ0v) is 13.5. The molecule has 2 atom stereocenters. The Balaban J connectivity index is 1.64. The van der Waals surface area contributed by atoms with E-state index in [1.54, 1.807) is 0 Å². The summed E-state index contributed by atoms with van der Waals surface area (Å²) < 4.78 is 0.582. The number of hydrogen-bond acceptors (Lipinski definition) is 3. The number of nitrogens with zero attached hydrogens (tertiary/aromatic N) is 1. The van der Waals surface area contributed by atoms with Gasteiger partial charge < -0.3 is 5.32 Å². The fraction of sp³-hybridized carbons (Fsp3) is 1.00. The minimum atomic E-state index is 0.582. The maximum atomic E-state index is 3.82. The normalized spacial score (nSPS) is 35.7. The molecule has 3 rings (SSSR count). The molecule has 2 saturated carbocycles. The third-order valence-electron chi connectivity index (χ3n) is 5.66. The monoisotopic (exact) mass is 282 g/mol. The van der Waals surface area contributed by atoms with Crippen LogP contribution in [-0.2, 0) is 0 Å². The molecular formula is C16H30N2S. The van der Waals surface area contributed by atoms with Crippen LogP contribution in [0.4, 0.5) is 0 Å². The van der Waals surface area contributed by atoms with Gasteiger partial charge in [0.25, 0.3) is 0 Å². The van der Waals surface area contributed by atoms with Crippen LogP contribution in [-0.4, -0.2) is 47.6 Å². The molecule has 3 heteroatoms. The molecule has 3 fully saturated rings. The molecule has 0 aromatic rings. The largest absolute Gasteiger partial charge is 0.311 e. The Morgan fingerprint density at radius 3 is 2.58 bits per heavy atom. The Bertz CT molecular complexity index is 297. The van der Waals surface area contributed by atoms with Crippen LogP contribution in [0.15, 0.2) is 0 Å². The summed E-state index contributed by atoms with van der Waals surface area (Å²) in [5.41, 5.74) is 0. The molecule has 0 aromatic heterocycles. The van der Waals surface area contributed by atoms with E-state index in [4.69, 9.17) is 0 Å². The van der Waals surface area contributed by atoms with Crippen LogP contribution >= 0.6 is 11.8 Å². The predicted octanol–water partition coefficient (Wildman–Crippen LogP) is 3.12. The second-order valence-corrected chi connectivity index (χ2v) is 8.21. The van der Waals surface area contributed by atoms with Crippen molar-refractivity contribution in [1.29, 1.82) is 0 Å². The van der Waals surface area contributed by atoms with Gasteiger partial charge in [0.05, 0.1) is 0 Å². The lowest BCUT2D eigenvalue weighted by atomic mass is 9.99. The quantitative estimate of drug-likeness (QED) is 0.834. The van der Waals surface area contributed by atoms with Crippen LogP contribution in [0, 0.1) is 5.92 Å². The second kappa shape index (κ2) is 5.95. The molecule has 1 N–H and O–H groups in total. The minimum absolute atomic E-state index is 0.582. The van der Waals surface area contributed by atoms with Crippen molar-refractivity contribution in [3.8, 4) is 0 Å². The maximum Gasteiger partial charge on any atom is 0.0284 e. The zero-order valence-electron chi connectivity index (χ0n) is 12.7. The number of nitrogens with one attached hydrogen (secondary N) is 1. The van der Waals surface area contributed by atoms with Gasteiger partial charge >= 0.3 is 0 Å². The maximum absolute atomic E-state index is 3.82. The van der Waals surface area contributed by atoms with Crippen molar-refractivity contribution in [2.45, 2.75) is 68.7 Å². The molecule has 2 aliphatic carbocycles. The van der Waals surface area contributed by atoms with Crippen LogP contribution < -0.4 is 5.32 Å². The van der Waals surface area contributed by atoms with Gasteiger partial charge in [-0.3, -0.25) is 4.90 Å². The number of thioether (sulfide) groups is 1. The van der Waals surface area contributed by atoms with E-state index < -0.39 is 0 Å². The van der Waals surface area contributed by atoms with Gasteiger partial charge in [0, 0.05) is 36.5 Å². The molecular weight excluding hydrogens is 252 g/mol. The number of piperazine rings is 1. The highest BCUT2D eigenvalue weighted by molar-refractivity contribution is 8.00. The van der Waals surface area contributed by atoms with Crippen LogP contribution in [0.2, 0.25) is 0 Å². The van der Waals surface area contributed by atoms with E-state index >= 15 is 0 Å². The molecule has 110 valence electrons. The molecule has 0 aromatic carbocycles. The summed E-state index contributed by atoms with van der Waals surface area (Å²) >= 11 is 2.15. The summed E-state index contributed by atoms with van der Waals surface area (Å²) in [7, 11) is 0. The highest BCUT2D eigenvalue weighted by Crippen LogP contribution is 2.42. The SMILES string of the molecule is CCC1CNC(C2CC2)CN1CC1(SC)CCCC1. The van der Waals surface area contributed by atoms with Gasteiger partial charge in [-0.15, -0.1) is 0 Å². The van der Waals surface area contributed by atoms with E-state index in [1.165, 1.54) is 64.6 Å². The van der Waals surface area contributed by atoms with Gasteiger partial charge in [-0.2, -0.15) is 11.8 Å². The van der Waals surface area contributed by atoms with Gasteiger partial charge in [0.1, 0.15) is 0 Å². The summed E-state index contributed by atoms with van der Waals surface area (Å²) in [4.78, 5) is 2.85. The van der Waals surface area contributed by atoms with Crippen molar-refractivity contribution in [2.24, 2.45) is 5.92 Å². The number of hydrogen-bond donors (Lipinski definition) is 1. The van der Waals surface area contributed by atoms with Crippen LogP contribution in [0.25, 0.3) is 0 Å². The first-order valence-corrected chi connectivity index (χ1v) is 9.51. The first kappa shape index (κ1) is 14.2. The van der Waals surface area contributed by atoms with E-state index in [2.05, 4.69) is 35.2 Å². The Morgan fingerprint density at radius 1 is 1.26 bits per heavy atom. The van der Waals surface area contributed by atoms with Gasteiger partial charge in [-0.25, -0.2) is 0 Å². The fourth-order valence-corrected chi connectivity index (χ4v) is 5.10. The first-order chi connectivity index (χ1) is 9.26. The van der Waals surface area contributed by atoms with E-state index in [-0.39, 0.29) is 0 Å². The molecule has 1 aliphatic heterocycles. The van der Waals surface area contributed by atoms with Gasteiger partial charge in [-0.05, 0) is 44.3 Å². The molecule has 0 amide bonds. The molecule has 0 radical (unpaired) electrons. The molecule has 1 saturated heterocycles. The van der Waals surface area contributed by atoms with Crippen molar-refractivity contribution in [1.82, 2.24) is 10.2 Å². The Morgan fingerprint density at radius 2 is 2.00 bits per heavy atom. The Hall–Kier alpha value is 0.270. The van der Waals surface area contributed by atoms with Crippen LogP contribution in [0.5, 0.6) is 0 Å². The Kier molecular flexibility index (Phi) is 4.45. The molecule has 0 bridgehead atoms. The van der Waals surface area contributed by atoms with Gasteiger partial charge in [0.2, 0.25) is 0 Å². The lowest BCUT2D eigenvalue weighted by Crippen LogP contribution is -2.59. The van der Waals surface area contributed by atoms with Crippen molar-refractivity contribution in [3.05, 3.63) is 0 Å². The second-order valence-electron chi connectivity index (χ2n) is 6.94. The van der Waals surface area contributed by atoms with Crippen molar-refractivity contribution in [2.75, 3.05) is 25.9 Å². The Labute approximate surface area is 123 Å². The summed E-state index contributed by atoms with van der Waals surface area (Å²) in [6, 6.07) is 1.57. The van der Waals surface area contributed by atoms with E-state index in [9.17, 15) is 0 Å². The highest BCUT2D eigenvalue weighted by Gasteiger charge is 2.41. The number of rotatable bonds is 5. The van der Waals surface area contributed by atoms with Crippen LogP contribution in [0.3, 0.4) is 0 Å². The van der Waals surface area contributed by atoms with E-state index in [0.717, 1.165) is 18.0 Å². The summed E-state index contributed by atoms with van der Waals surface area (Å²) in [5.74, 6) is 0.995. The lowest BCUT2D eigenvalue weighted by Gasteiger charge is -2.44. The average molecular weight is 282 g/mol. The zero-order chi connectivity index (χ0) is 13.3. The smallest absolute Gasteiger partial charge is 0.0284 e. The average Bonchev–Trinajstić information content (AvgIpc) is 3.19. The summed E-state index contributed by atoms with van der Waals surface area (Å²) in [6.07, 6.45) is 12.4. The van der Waals surface area contributed by atoms with Gasteiger partial charge in [-0.1, -0.05) is 19.8 Å². The van der Waals surface area contributed by atoms with Crippen molar-refractivity contribution < 1.29 is 0 Å². The molecule has 3 aliphatic rings. The third kappa shape index (κ3) is 3.14. The fourth-order valence-electron chi connectivity index (χ4n) is 4.11. The van der Waals surface area contributed by atoms with Crippen LogP contribution in [0.1, 0.15) is 51.9 Å². The first-order valence-electron chi connectivity index (χ1n) is 8.29. The van der Waals surface area contributed by atoms with Crippen molar-refractivity contribution >= 4 is 11.8 Å². The predicted molar refractivity (Wildman–Crippen MR) is 84.9 cm³/mol. The van der Waals surface area contributed by atoms with Crippen molar-refractivity contribution in [3.63, 3.8) is 0 Å². The highest BCUT2D eigenvalue weighted by atomic mass is 32.2.